The van der Waals surface area contributed by atoms with Crippen LogP contribution in [-0.2, 0) is 24.2 Å². The first-order valence-corrected chi connectivity index (χ1v) is 9.42. The van der Waals surface area contributed by atoms with Crippen LogP contribution in [0.3, 0.4) is 0 Å². The number of hydrogen-bond acceptors (Lipinski definition) is 3. The van der Waals surface area contributed by atoms with Crippen molar-refractivity contribution in [3.05, 3.63) is 65.2 Å². The number of aliphatic hydroxyl groups is 1. The number of phenols is 1. The van der Waals surface area contributed by atoms with Crippen molar-refractivity contribution in [2.45, 2.75) is 51.2 Å². The number of aryl methyl sites for hydroxylation is 1. The molecule has 0 radical (unpaired) electrons. The molecular formula is C22H27NO3. The lowest BCUT2D eigenvalue weighted by Gasteiger charge is -2.36. The molecule has 0 spiro atoms. The summed E-state index contributed by atoms with van der Waals surface area (Å²) in [5.74, 6) is 0.479. The molecule has 1 aliphatic heterocycles. The summed E-state index contributed by atoms with van der Waals surface area (Å²) in [5, 5.41) is 18.5. The van der Waals surface area contributed by atoms with E-state index in [1.54, 1.807) is 12.1 Å². The molecular weight excluding hydrogens is 326 g/mol. The monoisotopic (exact) mass is 353 g/mol. The summed E-state index contributed by atoms with van der Waals surface area (Å²) >= 11 is 0. The Balaban J connectivity index is 1.59. The molecule has 0 unspecified atom stereocenters. The number of carbonyl (C=O) groups is 1. The Morgan fingerprint density at radius 2 is 1.62 bits per heavy atom. The van der Waals surface area contributed by atoms with Gasteiger partial charge >= 0.3 is 0 Å². The van der Waals surface area contributed by atoms with Crippen molar-refractivity contribution < 1.29 is 15.0 Å². The number of likely N-dealkylation sites (tertiary alicyclic amines) is 1. The van der Waals surface area contributed by atoms with Crippen LogP contribution in [0.4, 0.5) is 0 Å². The summed E-state index contributed by atoms with van der Waals surface area (Å²) in [6.45, 7) is 0.869. The highest BCUT2D eigenvalue weighted by atomic mass is 16.3. The van der Waals surface area contributed by atoms with Gasteiger partial charge in [0, 0.05) is 12.6 Å². The highest BCUT2D eigenvalue weighted by Crippen LogP contribution is 2.23. The predicted molar refractivity (Wildman–Crippen MR) is 102 cm³/mol. The van der Waals surface area contributed by atoms with E-state index in [0.717, 1.165) is 43.4 Å². The molecule has 1 amide bonds. The van der Waals surface area contributed by atoms with Crippen LogP contribution in [0.25, 0.3) is 0 Å². The lowest BCUT2D eigenvalue weighted by molar-refractivity contribution is -0.134. The van der Waals surface area contributed by atoms with E-state index in [9.17, 15) is 9.90 Å². The Morgan fingerprint density at radius 3 is 2.31 bits per heavy atom. The molecule has 1 aliphatic rings. The molecule has 0 aliphatic carbocycles. The van der Waals surface area contributed by atoms with Gasteiger partial charge in [0.2, 0.25) is 5.91 Å². The lowest BCUT2D eigenvalue weighted by atomic mass is 9.95. The van der Waals surface area contributed by atoms with Crippen LogP contribution in [0.5, 0.6) is 5.75 Å². The Morgan fingerprint density at radius 1 is 0.962 bits per heavy atom. The first kappa shape index (κ1) is 18.5. The van der Waals surface area contributed by atoms with Crippen molar-refractivity contribution in [3.63, 3.8) is 0 Å². The summed E-state index contributed by atoms with van der Waals surface area (Å²) in [5.41, 5.74) is 3.06. The van der Waals surface area contributed by atoms with Crippen LogP contribution in [0.15, 0.2) is 48.5 Å². The van der Waals surface area contributed by atoms with E-state index < -0.39 is 0 Å². The summed E-state index contributed by atoms with van der Waals surface area (Å²) in [6.07, 6.45) is 5.61. The molecule has 2 aromatic carbocycles. The first-order valence-electron chi connectivity index (χ1n) is 9.42. The Kier molecular flexibility index (Phi) is 6.29. The van der Waals surface area contributed by atoms with Gasteiger partial charge in [-0.2, -0.15) is 0 Å². The minimum atomic E-state index is 0.0275. The van der Waals surface area contributed by atoms with Gasteiger partial charge in [-0.3, -0.25) is 4.79 Å². The number of carbonyl (C=O) groups excluding carboxylic acids is 1. The smallest absolute Gasteiger partial charge is 0.227 e. The van der Waals surface area contributed by atoms with Gasteiger partial charge in [-0.05, 0) is 60.9 Å². The summed E-state index contributed by atoms with van der Waals surface area (Å²) in [6, 6.07) is 15.2. The average Bonchev–Trinajstić information content (AvgIpc) is 2.68. The topological polar surface area (TPSA) is 60.8 Å². The number of aromatic hydroxyl groups is 1. The third-order valence-electron chi connectivity index (χ3n) is 5.21. The minimum Gasteiger partial charge on any atom is -0.508 e. The third-order valence-corrected chi connectivity index (χ3v) is 5.21. The molecule has 2 aromatic rings. The van der Waals surface area contributed by atoms with Crippen molar-refractivity contribution in [3.8, 4) is 5.75 Å². The van der Waals surface area contributed by atoms with Crippen LogP contribution in [0.2, 0.25) is 0 Å². The van der Waals surface area contributed by atoms with E-state index in [0.29, 0.717) is 12.5 Å². The number of piperidine rings is 1. The molecule has 1 heterocycles. The van der Waals surface area contributed by atoms with E-state index in [1.165, 1.54) is 12.0 Å². The van der Waals surface area contributed by atoms with Crippen LogP contribution in [-0.4, -0.2) is 33.6 Å². The van der Waals surface area contributed by atoms with Gasteiger partial charge in [0.15, 0.2) is 0 Å². The predicted octanol–water partition coefficient (Wildman–Crippen LogP) is 3.44. The van der Waals surface area contributed by atoms with Gasteiger partial charge in [-0.1, -0.05) is 36.4 Å². The van der Waals surface area contributed by atoms with Gasteiger partial charge in [0.05, 0.1) is 13.0 Å². The number of benzene rings is 2. The van der Waals surface area contributed by atoms with Gasteiger partial charge in [0.25, 0.3) is 0 Å². The first-order chi connectivity index (χ1) is 12.7. The van der Waals surface area contributed by atoms with Gasteiger partial charge < -0.3 is 15.1 Å². The van der Waals surface area contributed by atoms with E-state index >= 15 is 0 Å². The molecule has 0 bridgehead atoms. The molecule has 1 fully saturated rings. The molecule has 4 heteroatoms. The largest absolute Gasteiger partial charge is 0.508 e. The second-order valence-corrected chi connectivity index (χ2v) is 7.09. The van der Waals surface area contributed by atoms with Crippen LogP contribution < -0.4 is 0 Å². The zero-order chi connectivity index (χ0) is 18.4. The highest BCUT2D eigenvalue weighted by Gasteiger charge is 2.26. The number of nitrogens with zero attached hydrogens (tertiary/aromatic N) is 1. The SMILES string of the molecule is O=C(Cc1ccc(CO)cc1)N1CCCC[C@@H]1CCc1ccc(O)cc1. The molecule has 0 aromatic heterocycles. The van der Waals surface area contributed by atoms with E-state index in [4.69, 9.17) is 5.11 Å². The lowest BCUT2D eigenvalue weighted by Crippen LogP contribution is -2.44. The van der Waals surface area contributed by atoms with Crippen molar-refractivity contribution in [2.24, 2.45) is 0 Å². The summed E-state index contributed by atoms with van der Waals surface area (Å²) < 4.78 is 0. The highest BCUT2D eigenvalue weighted by molar-refractivity contribution is 5.79. The van der Waals surface area contributed by atoms with Crippen LogP contribution >= 0.6 is 0 Å². The Bertz CT molecular complexity index is 709. The number of amides is 1. The summed E-state index contributed by atoms with van der Waals surface area (Å²) in [4.78, 5) is 14.9. The quantitative estimate of drug-likeness (QED) is 0.836. The molecule has 4 nitrogen and oxygen atoms in total. The van der Waals surface area contributed by atoms with Gasteiger partial charge in [-0.15, -0.1) is 0 Å². The number of rotatable bonds is 6. The fourth-order valence-corrected chi connectivity index (χ4v) is 3.66. The molecule has 1 saturated heterocycles. The average molecular weight is 353 g/mol. The molecule has 2 N–H and O–H groups in total. The maximum absolute atomic E-state index is 12.8. The van der Waals surface area contributed by atoms with Crippen molar-refractivity contribution in [1.82, 2.24) is 4.90 Å². The maximum atomic E-state index is 12.8. The summed E-state index contributed by atoms with van der Waals surface area (Å²) in [7, 11) is 0. The third kappa shape index (κ3) is 4.85. The van der Waals surface area contributed by atoms with Crippen molar-refractivity contribution in [2.75, 3.05) is 6.54 Å². The second kappa shape index (κ2) is 8.86. The number of phenolic OH excluding ortho intramolecular Hbond substituents is 1. The molecule has 138 valence electrons. The Labute approximate surface area is 155 Å². The number of aliphatic hydroxyl groups excluding tert-OH is 1. The van der Waals surface area contributed by atoms with E-state index in [2.05, 4.69) is 4.90 Å². The maximum Gasteiger partial charge on any atom is 0.227 e. The second-order valence-electron chi connectivity index (χ2n) is 7.09. The van der Waals surface area contributed by atoms with E-state index in [1.807, 2.05) is 36.4 Å². The molecule has 26 heavy (non-hydrogen) atoms. The zero-order valence-corrected chi connectivity index (χ0v) is 15.1. The minimum absolute atomic E-state index is 0.0275. The van der Waals surface area contributed by atoms with Gasteiger partial charge in [-0.25, -0.2) is 0 Å². The molecule has 1 atom stereocenters. The van der Waals surface area contributed by atoms with Crippen LogP contribution in [0.1, 0.15) is 42.4 Å². The van der Waals surface area contributed by atoms with Crippen molar-refractivity contribution in [1.29, 1.82) is 0 Å². The van der Waals surface area contributed by atoms with Gasteiger partial charge in [0.1, 0.15) is 5.75 Å². The Hall–Kier alpha value is -2.33. The van der Waals surface area contributed by atoms with E-state index in [-0.39, 0.29) is 18.3 Å². The normalized spacial score (nSPS) is 17.3. The molecule has 3 rings (SSSR count). The molecule has 0 saturated carbocycles. The van der Waals surface area contributed by atoms with Crippen LogP contribution in [0, 0.1) is 0 Å². The fourth-order valence-electron chi connectivity index (χ4n) is 3.66. The fraction of sp³-hybridized carbons (Fsp3) is 0.409. The standard InChI is InChI=1S/C22H27NO3/c24-16-19-6-4-18(5-7-19)15-22(26)23-14-2-1-3-20(23)11-8-17-9-12-21(25)13-10-17/h4-7,9-10,12-13,20,24-25H,1-3,8,11,14-16H2/t20-/m1/s1. The number of hydrogen-bond donors (Lipinski definition) is 2. The van der Waals surface area contributed by atoms with Crippen molar-refractivity contribution >= 4 is 5.91 Å². The zero-order valence-electron chi connectivity index (χ0n) is 15.1.